The third kappa shape index (κ3) is 4.78. The van der Waals surface area contributed by atoms with E-state index >= 15 is 0 Å². The second-order valence-electron chi connectivity index (χ2n) is 6.03. The molecule has 0 bridgehead atoms. The van der Waals surface area contributed by atoms with Gasteiger partial charge in [-0.1, -0.05) is 12.1 Å². The molecule has 1 aliphatic heterocycles. The number of rotatable bonds is 5. The topological polar surface area (TPSA) is 81.5 Å². The molecule has 0 N–H and O–H groups in total. The minimum atomic E-state index is -2.95. The van der Waals surface area contributed by atoms with E-state index in [1.54, 1.807) is 37.2 Å². The summed E-state index contributed by atoms with van der Waals surface area (Å²) in [5.41, 5.74) is 1.46. The molecule has 7 heteroatoms. The molecule has 1 heterocycles. The number of nitriles is 1. The van der Waals surface area contributed by atoms with Crippen LogP contribution in [0.25, 0.3) is 0 Å². The van der Waals surface area contributed by atoms with Crippen molar-refractivity contribution in [1.82, 2.24) is 9.80 Å². The van der Waals surface area contributed by atoms with Crippen LogP contribution in [0.5, 0.6) is 0 Å². The summed E-state index contributed by atoms with van der Waals surface area (Å²) in [6.07, 6.45) is 0.583. The molecule has 0 radical (unpaired) electrons. The molecule has 124 valence electrons. The van der Waals surface area contributed by atoms with Crippen LogP contribution in [0.15, 0.2) is 24.3 Å². The zero-order valence-corrected chi connectivity index (χ0v) is 14.2. The Morgan fingerprint density at radius 3 is 2.74 bits per heavy atom. The molecule has 1 atom stereocenters. The van der Waals surface area contributed by atoms with Gasteiger partial charge >= 0.3 is 0 Å². The lowest BCUT2D eigenvalue weighted by Gasteiger charge is -2.25. The normalized spacial score (nSPS) is 19.5. The molecule has 2 rings (SSSR count). The first-order valence-electron chi connectivity index (χ1n) is 7.44. The number of carbonyl (C=O) groups is 1. The van der Waals surface area contributed by atoms with Gasteiger partial charge in [-0.2, -0.15) is 5.26 Å². The van der Waals surface area contributed by atoms with Crippen LogP contribution in [0.4, 0.5) is 0 Å². The standard InChI is InChI=1S/C16H21N3O3S/c1-18(15-6-7-23(21,22)12-15)11-16(20)19(2)10-14-5-3-4-13(8-14)9-17/h3-5,8,15H,6-7,10-12H2,1-2H3. The maximum atomic E-state index is 12.3. The first-order chi connectivity index (χ1) is 10.8. The molecular weight excluding hydrogens is 314 g/mol. The Morgan fingerprint density at radius 1 is 1.39 bits per heavy atom. The lowest BCUT2D eigenvalue weighted by molar-refractivity contribution is -0.131. The smallest absolute Gasteiger partial charge is 0.236 e. The maximum absolute atomic E-state index is 12.3. The van der Waals surface area contributed by atoms with E-state index < -0.39 is 9.84 Å². The fraction of sp³-hybridized carbons (Fsp3) is 0.500. The minimum Gasteiger partial charge on any atom is -0.340 e. The third-order valence-electron chi connectivity index (χ3n) is 4.12. The summed E-state index contributed by atoms with van der Waals surface area (Å²) in [6.45, 7) is 0.611. The van der Waals surface area contributed by atoms with Crippen LogP contribution in [0.2, 0.25) is 0 Å². The average molecular weight is 335 g/mol. The molecule has 1 aromatic carbocycles. The summed E-state index contributed by atoms with van der Waals surface area (Å²) in [5, 5.41) is 8.90. The summed E-state index contributed by atoms with van der Waals surface area (Å²) in [5.74, 6) is 0.261. The van der Waals surface area contributed by atoms with Crippen molar-refractivity contribution in [2.75, 3.05) is 32.1 Å². The number of likely N-dealkylation sites (N-methyl/N-ethyl adjacent to an activating group) is 2. The van der Waals surface area contributed by atoms with Crippen LogP contribution in [0, 0.1) is 11.3 Å². The second-order valence-corrected chi connectivity index (χ2v) is 8.26. The van der Waals surface area contributed by atoms with Crippen molar-refractivity contribution >= 4 is 15.7 Å². The minimum absolute atomic E-state index is 0.0702. The summed E-state index contributed by atoms with van der Waals surface area (Å²) >= 11 is 0. The molecule has 0 aliphatic carbocycles. The van der Waals surface area contributed by atoms with E-state index in [2.05, 4.69) is 6.07 Å². The first kappa shape index (κ1) is 17.4. The van der Waals surface area contributed by atoms with Gasteiger partial charge in [0.1, 0.15) is 0 Å². The molecule has 6 nitrogen and oxygen atoms in total. The van der Waals surface area contributed by atoms with Gasteiger partial charge in [0.05, 0.1) is 29.7 Å². The molecule has 1 fully saturated rings. The Bertz CT molecular complexity index is 724. The molecular formula is C16H21N3O3S. The fourth-order valence-corrected chi connectivity index (χ4v) is 4.49. The average Bonchev–Trinajstić information content (AvgIpc) is 2.87. The van der Waals surface area contributed by atoms with Gasteiger partial charge in [-0.25, -0.2) is 8.42 Å². The second kappa shape index (κ2) is 7.11. The summed E-state index contributed by atoms with van der Waals surface area (Å²) in [6, 6.07) is 9.14. The predicted octanol–water partition coefficient (Wildman–Crippen LogP) is 0.636. The number of carbonyl (C=O) groups excluding carboxylic acids is 1. The van der Waals surface area contributed by atoms with Crippen LogP contribution in [-0.4, -0.2) is 62.3 Å². The van der Waals surface area contributed by atoms with Crippen molar-refractivity contribution in [2.45, 2.75) is 19.0 Å². The van der Waals surface area contributed by atoms with Crippen molar-refractivity contribution in [3.63, 3.8) is 0 Å². The van der Waals surface area contributed by atoms with Gasteiger partial charge in [-0.05, 0) is 31.2 Å². The van der Waals surface area contributed by atoms with E-state index in [9.17, 15) is 13.2 Å². The SMILES string of the molecule is CN(Cc1cccc(C#N)c1)C(=O)CN(C)C1CCS(=O)(=O)C1. The quantitative estimate of drug-likeness (QED) is 0.788. The van der Waals surface area contributed by atoms with E-state index in [1.165, 1.54) is 0 Å². The highest BCUT2D eigenvalue weighted by Crippen LogP contribution is 2.16. The maximum Gasteiger partial charge on any atom is 0.236 e. The predicted molar refractivity (Wildman–Crippen MR) is 87.3 cm³/mol. The van der Waals surface area contributed by atoms with Crippen LogP contribution in [0.3, 0.4) is 0 Å². The van der Waals surface area contributed by atoms with Gasteiger partial charge < -0.3 is 4.90 Å². The number of amides is 1. The third-order valence-corrected chi connectivity index (χ3v) is 5.87. The van der Waals surface area contributed by atoms with Crippen LogP contribution >= 0.6 is 0 Å². The van der Waals surface area contributed by atoms with E-state index in [4.69, 9.17) is 5.26 Å². The number of hydrogen-bond donors (Lipinski definition) is 0. The summed E-state index contributed by atoms with van der Waals surface area (Å²) < 4.78 is 23.0. The molecule has 1 aromatic rings. The molecule has 1 aliphatic rings. The lowest BCUT2D eigenvalue weighted by Crippen LogP contribution is -2.41. The van der Waals surface area contributed by atoms with E-state index in [0.29, 0.717) is 18.5 Å². The van der Waals surface area contributed by atoms with E-state index in [0.717, 1.165) is 5.56 Å². The zero-order valence-electron chi connectivity index (χ0n) is 13.4. The molecule has 1 saturated heterocycles. The highest BCUT2D eigenvalue weighted by atomic mass is 32.2. The van der Waals surface area contributed by atoms with E-state index in [1.807, 2.05) is 11.0 Å². The van der Waals surface area contributed by atoms with Crippen LogP contribution in [0.1, 0.15) is 17.5 Å². The molecule has 23 heavy (non-hydrogen) atoms. The van der Waals surface area contributed by atoms with Crippen molar-refractivity contribution < 1.29 is 13.2 Å². The lowest BCUT2D eigenvalue weighted by atomic mass is 10.1. The molecule has 0 saturated carbocycles. The molecule has 0 aromatic heterocycles. The van der Waals surface area contributed by atoms with Gasteiger partial charge in [0.25, 0.3) is 0 Å². The Labute approximate surface area is 137 Å². The summed E-state index contributed by atoms with van der Waals surface area (Å²) in [4.78, 5) is 15.7. The molecule has 1 amide bonds. The Morgan fingerprint density at radius 2 is 2.13 bits per heavy atom. The van der Waals surface area contributed by atoms with Crippen molar-refractivity contribution in [2.24, 2.45) is 0 Å². The van der Waals surface area contributed by atoms with Gasteiger partial charge in [0.2, 0.25) is 5.91 Å². The number of sulfone groups is 1. The number of nitrogens with zero attached hydrogens (tertiary/aromatic N) is 3. The largest absolute Gasteiger partial charge is 0.340 e. The summed E-state index contributed by atoms with van der Waals surface area (Å²) in [7, 11) is 0.544. The van der Waals surface area contributed by atoms with Crippen molar-refractivity contribution in [3.8, 4) is 6.07 Å². The fourth-order valence-electron chi connectivity index (χ4n) is 2.69. The molecule has 1 unspecified atom stereocenters. The van der Waals surface area contributed by atoms with E-state index in [-0.39, 0.29) is 30.0 Å². The van der Waals surface area contributed by atoms with Gasteiger partial charge in [0.15, 0.2) is 9.84 Å². The highest BCUT2D eigenvalue weighted by molar-refractivity contribution is 7.91. The van der Waals surface area contributed by atoms with Crippen molar-refractivity contribution in [3.05, 3.63) is 35.4 Å². The first-order valence-corrected chi connectivity index (χ1v) is 9.26. The van der Waals surface area contributed by atoms with Crippen LogP contribution < -0.4 is 0 Å². The number of benzene rings is 1. The Hall–Kier alpha value is -1.91. The highest BCUT2D eigenvalue weighted by Gasteiger charge is 2.31. The van der Waals surface area contributed by atoms with Gasteiger partial charge in [-0.3, -0.25) is 9.69 Å². The Kier molecular flexibility index (Phi) is 5.39. The molecule has 0 spiro atoms. The zero-order chi connectivity index (χ0) is 17.0. The Balaban J connectivity index is 1.91. The van der Waals surface area contributed by atoms with Gasteiger partial charge in [-0.15, -0.1) is 0 Å². The monoisotopic (exact) mass is 335 g/mol. The van der Waals surface area contributed by atoms with Gasteiger partial charge in [0, 0.05) is 19.6 Å². The number of hydrogen-bond acceptors (Lipinski definition) is 5. The van der Waals surface area contributed by atoms with Crippen LogP contribution in [-0.2, 0) is 21.2 Å². The van der Waals surface area contributed by atoms with Crippen molar-refractivity contribution in [1.29, 1.82) is 5.26 Å².